The largest absolute Gasteiger partial charge is 0.508 e. The van der Waals surface area contributed by atoms with Crippen LogP contribution in [-0.2, 0) is 19.5 Å². The molecule has 7 N–H and O–H groups in total. The summed E-state index contributed by atoms with van der Waals surface area (Å²) in [6.45, 7) is 12.2. The van der Waals surface area contributed by atoms with Gasteiger partial charge in [0.05, 0.1) is 5.69 Å². The minimum absolute atomic E-state index is 0.0192. The lowest BCUT2D eigenvalue weighted by molar-refractivity contribution is 0.101. The lowest BCUT2D eigenvalue weighted by Crippen LogP contribution is -2.34. The Kier molecular flexibility index (Phi) is 28.1. The van der Waals surface area contributed by atoms with Gasteiger partial charge >= 0.3 is 0 Å². The molecule has 4 fully saturated rings. The molecule has 8 aliphatic carbocycles. The van der Waals surface area contributed by atoms with Gasteiger partial charge in [0.1, 0.15) is 45.5 Å². The predicted octanol–water partition coefficient (Wildman–Crippen LogP) is 29.4. The van der Waals surface area contributed by atoms with Crippen molar-refractivity contribution < 1.29 is 46.7 Å². The predicted molar refractivity (Wildman–Crippen MR) is 564 cm³/mol. The fourth-order valence-corrected chi connectivity index (χ4v) is 22.2. The zero-order valence-corrected chi connectivity index (χ0v) is 79.6. The van der Waals surface area contributed by atoms with Crippen LogP contribution in [0.4, 0.5) is 5.69 Å². The molecule has 0 saturated heterocycles. The standard InChI is InChI=1S/C38H40N2O3.C35H34O2.C28H32N2O3.C23H15NO2/c41-35(25-12-4-1-5-13-25)30-18-10-11-19-31(30)38-33-22-27(24-40-29-16-8-3-9-17-29)36(42)32-21-20-26(37(43-38)34(32)33)23-39-28-14-6-2-7-15-28;36-33-29-21-20-28(25-12-6-2-7-13-25)35-32(29)31(22-30(33)26-14-8-3-9-15-26)34(37-35)27-18-16-24(17-19-27)23-10-4-1-5-11-23;1-4-7-18-14-19(9-11-24(18)31)27-23-15-21(17-30-13-6-3)26(32)22-10-8-20(16-29-12-5-2)28(33-27)25(22)23;24-19-12-10-17-20(25)13-11-18-21(17)23(19)26-22(18)16-8-6-15(7-9-16)14-4-2-1-3-5-14/h1,4-5,10-13,18-22,28-29,39-40H,2-3,6-9,14-17,23-24H2;1,4-5,10-11,16-22,25-26H,2-3,6-9,12-15H2;4,8-11,14-15,29-31H,1,5-7,12-13,16-17H2,2-3H3;1-13H,24H2. The molecule has 0 radical (unpaired) electrons. The van der Waals surface area contributed by atoms with Crippen LogP contribution in [0.1, 0.15) is 263 Å². The molecule has 0 bridgehead atoms. The van der Waals surface area contributed by atoms with E-state index in [4.69, 9.17) is 23.4 Å². The molecule has 4 aromatic heterocycles. The Morgan fingerprint density at radius 3 is 1.44 bits per heavy atom. The SMILES string of the molecule is C=CCc1cc(-c2oc3c(CNCCC)ccc4c3c2C=C(CNCCC)C4=O)ccc1O.Nc1ccc2c3c(c(-c4ccc(-c5ccccc5)cc4)oc13)C=CC2=O.O=C(c1ccccc1)c1ccccc1-c1oc2c(CNC3CCCCC3)ccc3c2c1C=C(CNC1CCCCC1)C3=O.O=C1C(C2CCCCC2)=Cc2c(-c3ccc(-c4ccccc4)cc3)oc3c(C4CCCCC4)ccc1c23. The molecular weight excluding hydrogens is 1720 g/mol. The van der Waals surface area contributed by atoms with Crippen molar-refractivity contribution in [2.24, 2.45) is 5.92 Å². The molecule has 15 aromatic rings. The topological polar surface area (TPSA) is 232 Å². The number of nitrogen functional groups attached to an aromatic ring is 1. The van der Waals surface area contributed by atoms with E-state index in [9.17, 15) is 29.1 Å². The summed E-state index contributed by atoms with van der Waals surface area (Å²) in [7, 11) is 0. The number of phenolic OH excluding ortho intramolecular Hbond substituents is 1. The molecular formula is C124H121N5O10. The molecule has 702 valence electrons. The van der Waals surface area contributed by atoms with Gasteiger partial charge in [-0.25, -0.2) is 0 Å². The van der Waals surface area contributed by atoms with Gasteiger partial charge in [-0.3, -0.25) is 24.0 Å². The van der Waals surface area contributed by atoms with E-state index in [1.807, 2.05) is 133 Å². The van der Waals surface area contributed by atoms with E-state index in [0.717, 1.165) is 196 Å². The minimum Gasteiger partial charge on any atom is -0.508 e. The van der Waals surface area contributed by atoms with Gasteiger partial charge in [0.15, 0.2) is 34.5 Å². The lowest BCUT2D eigenvalue weighted by atomic mass is 9.76. The number of phenols is 1. The Balaban J connectivity index is 0.000000116. The number of allylic oxidation sites excluding steroid dienone is 3. The maximum Gasteiger partial charge on any atom is 0.193 e. The van der Waals surface area contributed by atoms with E-state index in [0.29, 0.717) is 101 Å². The van der Waals surface area contributed by atoms with E-state index >= 15 is 0 Å². The summed E-state index contributed by atoms with van der Waals surface area (Å²) in [6, 6.07) is 77.0. The second-order valence-corrected chi connectivity index (χ2v) is 38.7. The van der Waals surface area contributed by atoms with Gasteiger partial charge in [-0.05, 0) is 208 Å². The molecule has 4 heterocycles. The Hall–Kier alpha value is -13.9. The van der Waals surface area contributed by atoms with Crippen LogP contribution in [0.25, 0.3) is 136 Å². The second-order valence-electron chi connectivity index (χ2n) is 38.7. The van der Waals surface area contributed by atoms with Crippen molar-refractivity contribution in [1.29, 1.82) is 0 Å². The quantitative estimate of drug-likeness (QED) is 0.0128. The van der Waals surface area contributed by atoms with Gasteiger partial charge in [0.25, 0.3) is 0 Å². The summed E-state index contributed by atoms with van der Waals surface area (Å²) in [5, 5.41) is 28.1. The molecule has 11 aromatic carbocycles. The third-order valence-corrected chi connectivity index (χ3v) is 29.5. The molecule has 139 heavy (non-hydrogen) atoms. The molecule has 0 unspecified atom stereocenters. The first-order valence-corrected chi connectivity index (χ1v) is 50.7. The normalized spacial score (nSPS) is 15.9. The highest BCUT2D eigenvalue weighted by atomic mass is 16.3. The Labute approximate surface area is 813 Å². The number of aromatic hydroxyl groups is 1. The summed E-state index contributed by atoms with van der Waals surface area (Å²) in [5.41, 5.74) is 32.7. The number of furan rings is 4. The van der Waals surface area contributed by atoms with Crippen LogP contribution < -0.4 is 27.0 Å². The fourth-order valence-electron chi connectivity index (χ4n) is 22.2. The molecule has 0 atom stereocenters. The number of anilines is 1. The number of carbonyl (C=O) groups is 5. The summed E-state index contributed by atoms with van der Waals surface area (Å²) < 4.78 is 26.2. The van der Waals surface area contributed by atoms with Crippen LogP contribution in [0.5, 0.6) is 5.75 Å². The van der Waals surface area contributed by atoms with Crippen molar-refractivity contribution >= 4 is 103 Å². The molecule has 4 saturated carbocycles. The van der Waals surface area contributed by atoms with Crippen LogP contribution in [0.15, 0.2) is 284 Å². The highest BCUT2D eigenvalue weighted by molar-refractivity contribution is 6.27. The summed E-state index contributed by atoms with van der Waals surface area (Å²) >= 11 is 0. The zero-order valence-electron chi connectivity index (χ0n) is 79.6. The maximum absolute atomic E-state index is 13.9. The molecule has 0 amide bonds. The Bertz CT molecular complexity index is 7270. The number of hydrogen-bond donors (Lipinski definition) is 6. The number of ketones is 5. The molecule has 15 nitrogen and oxygen atoms in total. The lowest BCUT2D eigenvalue weighted by Gasteiger charge is -2.26. The van der Waals surface area contributed by atoms with Crippen molar-refractivity contribution in [2.75, 3.05) is 31.9 Å². The third kappa shape index (κ3) is 19.2. The van der Waals surface area contributed by atoms with E-state index in [2.05, 4.69) is 145 Å². The van der Waals surface area contributed by atoms with Gasteiger partial charge in [0, 0.05) is 166 Å². The number of hydrogen-bond acceptors (Lipinski definition) is 15. The molecule has 8 aliphatic rings. The van der Waals surface area contributed by atoms with Crippen molar-refractivity contribution in [3.63, 3.8) is 0 Å². The van der Waals surface area contributed by atoms with Gasteiger partial charge in [-0.1, -0.05) is 279 Å². The summed E-state index contributed by atoms with van der Waals surface area (Å²) in [4.78, 5) is 66.9. The van der Waals surface area contributed by atoms with Crippen molar-refractivity contribution in [1.82, 2.24) is 21.3 Å². The first kappa shape index (κ1) is 92.8. The van der Waals surface area contributed by atoms with E-state index in [-0.39, 0.29) is 34.7 Å². The minimum atomic E-state index is -0.0432. The number of nitrogens with one attached hydrogen (secondary N) is 4. The first-order valence-electron chi connectivity index (χ1n) is 50.7. The van der Waals surface area contributed by atoms with Crippen molar-refractivity contribution in [3.05, 3.63) is 344 Å². The van der Waals surface area contributed by atoms with Gasteiger partial charge < -0.3 is 49.8 Å². The van der Waals surface area contributed by atoms with E-state index in [1.165, 1.54) is 125 Å². The zero-order chi connectivity index (χ0) is 95.0. The van der Waals surface area contributed by atoms with E-state index in [1.54, 1.807) is 30.4 Å². The third-order valence-electron chi connectivity index (χ3n) is 29.5. The Morgan fingerprint density at radius 2 is 0.835 bits per heavy atom. The van der Waals surface area contributed by atoms with Crippen molar-refractivity contribution in [3.8, 4) is 73.3 Å². The van der Waals surface area contributed by atoms with E-state index < -0.39 is 0 Å². The average molecular weight is 1840 g/mol. The summed E-state index contributed by atoms with van der Waals surface area (Å²) in [5.74, 6) is 4.44. The van der Waals surface area contributed by atoms with Crippen LogP contribution in [0.2, 0.25) is 0 Å². The maximum atomic E-state index is 13.9. The Morgan fingerprint density at radius 1 is 0.388 bits per heavy atom. The smallest absolute Gasteiger partial charge is 0.193 e. The summed E-state index contributed by atoms with van der Waals surface area (Å²) in [6.07, 6.45) is 38.6. The number of nitrogens with two attached hydrogens (primary N) is 1. The van der Waals surface area contributed by atoms with Gasteiger partial charge in [0.2, 0.25) is 0 Å². The average Bonchev–Trinajstić information content (AvgIpc) is 1.47. The van der Waals surface area contributed by atoms with Gasteiger partial charge in [-0.15, -0.1) is 6.58 Å². The number of carbonyl (C=O) groups excluding carboxylic acids is 5. The number of Topliss-reactive ketones (excluding diaryl/α,β-unsaturated/α-hetero) is 3. The van der Waals surface area contributed by atoms with Crippen LogP contribution in [-0.4, -0.2) is 72.3 Å². The van der Waals surface area contributed by atoms with Crippen LogP contribution >= 0.6 is 0 Å². The fraction of sp³-hybridized carbons (Fsp3) is 0.282. The molecule has 23 rings (SSSR count). The number of rotatable bonds is 26. The monoisotopic (exact) mass is 1840 g/mol. The second kappa shape index (κ2) is 42.2. The van der Waals surface area contributed by atoms with Crippen LogP contribution in [0.3, 0.4) is 0 Å². The highest BCUT2D eigenvalue weighted by Crippen LogP contribution is 2.51. The van der Waals surface area contributed by atoms with Crippen LogP contribution in [0, 0.1) is 5.92 Å². The molecule has 0 spiro atoms. The van der Waals surface area contributed by atoms with Gasteiger partial charge in [-0.2, -0.15) is 0 Å². The number of benzene rings is 11. The molecule has 0 aliphatic heterocycles. The highest BCUT2D eigenvalue weighted by Gasteiger charge is 2.37. The molecule has 15 heteroatoms. The first-order chi connectivity index (χ1) is 68.2. The van der Waals surface area contributed by atoms with Crippen molar-refractivity contribution in [2.45, 2.75) is 193 Å².